The number of hydrogen-bond donors (Lipinski definition) is 2. The van der Waals surface area contributed by atoms with Gasteiger partial charge in [-0.2, -0.15) is 0 Å². The van der Waals surface area contributed by atoms with Crippen LogP contribution in [0.5, 0.6) is 11.5 Å². The fraction of sp³-hybridized carbons (Fsp3) is 0.562. The minimum atomic E-state index is -0.341. The Hall–Kier alpha value is -3.26. The molecule has 0 atom stereocenters. The topological polar surface area (TPSA) is 105 Å². The summed E-state index contributed by atoms with van der Waals surface area (Å²) in [7, 11) is 0. The van der Waals surface area contributed by atoms with Gasteiger partial charge in [-0.15, -0.1) is 0 Å². The van der Waals surface area contributed by atoms with Gasteiger partial charge in [0.25, 0.3) is 5.91 Å². The molecule has 0 spiro atoms. The number of aromatic nitrogens is 1. The van der Waals surface area contributed by atoms with Crippen LogP contribution in [0.25, 0.3) is 21.8 Å². The van der Waals surface area contributed by atoms with Crippen molar-refractivity contribution in [1.82, 2.24) is 9.99 Å². The Labute approximate surface area is 237 Å². The van der Waals surface area contributed by atoms with Gasteiger partial charge in [0.15, 0.2) is 0 Å². The Bertz CT molecular complexity index is 1270. The van der Waals surface area contributed by atoms with E-state index >= 15 is 0 Å². The Morgan fingerprint density at radius 2 is 1.70 bits per heavy atom. The van der Waals surface area contributed by atoms with Crippen LogP contribution in [0.15, 0.2) is 30.3 Å². The van der Waals surface area contributed by atoms with E-state index in [0.29, 0.717) is 43.5 Å². The normalized spacial score (nSPS) is 14.9. The fourth-order valence-corrected chi connectivity index (χ4v) is 5.87. The molecule has 3 N–H and O–H groups in total. The second kappa shape index (κ2) is 14.9. The van der Waals surface area contributed by atoms with Crippen molar-refractivity contribution in [2.45, 2.75) is 91.0 Å². The van der Waals surface area contributed by atoms with Crippen LogP contribution in [-0.2, 0) is 16.1 Å². The van der Waals surface area contributed by atoms with E-state index in [1.54, 1.807) is 13.0 Å². The van der Waals surface area contributed by atoms with Crippen molar-refractivity contribution in [3.63, 3.8) is 0 Å². The predicted molar refractivity (Wildman–Crippen MR) is 159 cm³/mol. The minimum Gasteiger partial charge on any atom is -0.493 e. The van der Waals surface area contributed by atoms with Crippen LogP contribution in [-0.4, -0.2) is 36.3 Å². The predicted octanol–water partition coefficient (Wildman–Crippen LogP) is 6.66. The molecule has 1 aromatic heterocycles. The van der Waals surface area contributed by atoms with Crippen LogP contribution in [0.3, 0.4) is 0 Å². The van der Waals surface area contributed by atoms with Gasteiger partial charge < -0.3 is 18.8 Å². The van der Waals surface area contributed by atoms with Gasteiger partial charge >= 0.3 is 5.97 Å². The average Bonchev–Trinajstić information content (AvgIpc) is 3.34. The Morgan fingerprint density at radius 3 is 2.40 bits per heavy atom. The number of benzene rings is 2. The standard InChI is InChI=1S/C32H45N3O5/c1-3-18-39-24-20-27-31(28(21-24)40-19-12-17-29(36)38-4-2)30-25(32(37)34-33)15-11-16-26(30)35(27)22-23-13-9-7-5-6-8-10-14-23/h11,15-16,20-21,23H,3-10,12-14,17-19,22,33H2,1-2H3,(H,34,37). The first-order valence-electron chi connectivity index (χ1n) is 15.1. The molecule has 218 valence electrons. The van der Waals surface area contributed by atoms with E-state index in [9.17, 15) is 9.59 Å². The van der Waals surface area contributed by atoms with Gasteiger partial charge in [-0.1, -0.05) is 51.5 Å². The first-order valence-corrected chi connectivity index (χ1v) is 15.1. The highest BCUT2D eigenvalue weighted by Gasteiger charge is 2.23. The van der Waals surface area contributed by atoms with Gasteiger partial charge in [-0.3, -0.25) is 15.0 Å². The highest BCUT2D eigenvalue weighted by atomic mass is 16.5. The van der Waals surface area contributed by atoms with Gasteiger partial charge in [0.1, 0.15) is 11.5 Å². The van der Waals surface area contributed by atoms with Crippen LogP contribution in [0.2, 0.25) is 0 Å². The summed E-state index contributed by atoms with van der Waals surface area (Å²) in [6, 6.07) is 9.79. The molecule has 1 aliphatic carbocycles. The van der Waals surface area contributed by atoms with Gasteiger partial charge in [0.05, 0.1) is 41.8 Å². The van der Waals surface area contributed by atoms with E-state index in [1.165, 1.54) is 51.4 Å². The van der Waals surface area contributed by atoms with E-state index in [0.717, 1.165) is 40.5 Å². The third-order valence-electron chi connectivity index (χ3n) is 7.78. The second-order valence-electron chi connectivity index (χ2n) is 10.8. The zero-order chi connectivity index (χ0) is 28.3. The molecule has 0 radical (unpaired) electrons. The van der Waals surface area contributed by atoms with Crippen LogP contribution in [0.1, 0.15) is 94.8 Å². The van der Waals surface area contributed by atoms with Crippen molar-refractivity contribution in [3.8, 4) is 11.5 Å². The Kier molecular flexibility index (Phi) is 11.1. The molecule has 8 nitrogen and oxygen atoms in total. The molecular formula is C32H45N3O5. The third kappa shape index (κ3) is 7.27. The zero-order valence-corrected chi connectivity index (χ0v) is 24.1. The first kappa shape index (κ1) is 29.7. The molecule has 1 amide bonds. The molecule has 3 aromatic rings. The average molecular weight is 552 g/mol. The summed E-state index contributed by atoms with van der Waals surface area (Å²) in [6.07, 6.45) is 11.9. The van der Waals surface area contributed by atoms with Crippen molar-refractivity contribution in [3.05, 3.63) is 35.9 Å². The monoisotopic (exact) mass is 551 g/mol. The molecule has 0 unspecified atom stereocenters. The Morgan fingerprint density at radius 1 is 0.950 bits per heavy atom. The van der Waals surface area contributed by atoms with Gasteiger partial charge in [0, 0.05) is 30.5 Å². The van der Waals surface area contributed by atoms with E-state index < -0.39 is 0 Å². The lowest BCUT2D eigenvalue weighted by Gasteiger charge is -2.19. The molecule has 8 heteroatoms. The largest absolute Gasteiger partial charge is 0.493 e. The molecule has 2 aromatic carbocycles. The number of nitrogen functional groups attached to an aromatic ring is 1. The van der Waals surface area contributed by atoms with Crippen molar-refractivity contribution < 1.29 is 23.8 Å². The molecule has 1 saturated carbocycles. The number of esters is 1. The van der Waals surface area contributed by atoms with Crippen molar-refractivity contribution in [1.29, 1.82) is 0 Å². The number of rotatable bonds is 12. The van der Waals surface area contributed by atoms with Gasteiger partial charge in [0.2, 0.25) is 0 Å². The number of fused-ring (bicyclic) bond motifs is 3. The van der Waals surface area contributed by atoms with Gasteiger partial charge in [-0.05, 0) is 50.7 Å². The number of nitrogens with zero attached hydrogens (tertiary/aromatic N) is 1. The van der Waals surface area contributed by atoms with Crippen molar-refractivity contribution in [2.75, 3.05) is 19.8 Å². The summed E-state index contributed by atoms with van der Waals surface area (Å²) in [6.45, 7) is 6.05. The molecule has 4 rings (SSSR count). The molecule has 1 fully saturated rings. The smallest absolute Gasteiger partial charge is 0.305 e. The lowest BCUT2D eigenvalue weighted by Crippen LogP contribution is -2.30. The zero-order valence-electron chi connectivity index (χ0n) is 24.1. The van der Waals surface area contributed by atoms with Crippen LogP contribution < -0.4 is 20.7 Å². The minimum absolute atomic E-state index is 0.232. The van der Waals surface area contributed by atoms with Crippen LogP contribution >= 0.6 is 0 Å². The number of carbonyl (C=O) groups is 2. The molecule has 0 bridgehead atoms. The number of nitrogens with two attached hydrogens (primary N) is 1. The summed E-state index contributed by atoms with van der Waals surface area (Å²) < 4.78 is 19.9. The Balaban J connectivity index is 1.81. The fourth-order valence-electron chi connectivity index (χ4n) is 5.87. The lowest BCUT2D eigenvalue weighted by atomic mass is 9.96. The summed E-state index contributed by atoms with van der Waals surface area (Å²) in [5.74, 6) is 6.97. The summed E-state index contributed by atoms with van der Waals surface area (Å²) in [4.78, 5) is 24.8. The second-order valence-corrected chi connectivity index (χ2v) is 10.8. The van der Waals surface area contributed by atoms with E-state index in [4.69, 9.17) is 20.1 Å². The summed E-state index contributed by atoms with van der Waals surface area (Å²) in [5.41, 5.74) is 4.81. The van der Waals surface area contributed by atoms with E-state index in [-0.39, 0.29) is 18.3 Å². The summed E-state index contributed by atoms with van der Waals surface area (Å²) in [5, 5.41) is 1.70. The number of amides is 1. The maximum Gasteiger partial charge on any atom is 0.305 e. The molecule has 1 heterocycles. The number of hydrogen-bond acceptors (Lipinski definition) is 6. The van der Waals surface area contributed by atoms with Crippen LogP contribution in [0.4, 0.5) is 0 Å². The number of hydrazine groups is 1. The SMILES string of the molecule is CCCOc1cc(OCCCC(=O)OCC)c2c3c(C(=O)NN)cccc3n(CC3CCCCCCCC3)c2c1. The quantitative estimate of drug-likeness (QED) is 0.0857. The maximum absolute atomic E-state index is 12.9. The maximum atomic E-state index is 12.9. The summed E-state index contributed by atoms with van der Waals surface area (Å²) >= 11 is 0. The van der Waals surface area contributed by atoms with Crippen molar-refractivity contribution in [2.24, 2.45) is 11.8 Å². The van der Waals surface area contributed by atoms with Crippen LogP contribution in [0, 0.1) is 5.92 Å². The molecular weight excluding hydrogens is 506 g/mol. The molecule has 0 saturated heterocycles. The third-order valence-corrected chi connectivity index (χ3v) is 7.78. The highest BCUT2D eigenvalue weighted by Crippen LogP contribution is 2.41. The van der Waals surface area contributed by atoms with Gasteiger partial charge in [-0.25, -0.2) is 5.84 Å². The number of ether oxygens (including phenoxy) is 3. The van der Waals surface area contributed by atoms with E-state index in [2.05, 4.69) is 29.0 Å². The molecule has 40 heavy (non-hydrogen) atoms. The molecule has 0 aliphatic heterocycles. The highest BCUT2D eigenvalue weighted by molar-refractivity contribution is 6.20. The number of carbonyl (C=O) groups excluding carboxylic acids is 2. The van der Waals surface area contributed by atoms with Crippen molar-refractivity contribution >= 4 is 33.7 Å². The number of nitrogens with one attached hydrogen (secondary N) is 1. The lowest BCUT2D eigenvalue weighted by molar-refractivity contribution is -0.143. The first-order chi connectivity index (χ1) is 19.6. The van der Waals surface area contributed by atoms with E-state index in [1.807, 2.05) is 12.1 Å². The molecule has 1 aliphatic rings.